The molecule has 5 heteroatoms. The summed E-state index contributed by atoms with van der Waals surface area (Å²) in [6.45, 7) is 2.51. The topological polar surface area (TPSA) is 43.4 Å². The minimum atomic E-state index is 0.511. The van der Waals surface area contributed by atoms with Crippen molar-refractivity contribution >= 4 is 11.6 Å². The second-order valence-electron chi connectivity index (χ2n) is 5.72. The summed E-state index contributed by atoms with van der Waals surface area (Å²) in [6, 6.07) is 21.3. The van der Waals surface area contributed by atoms with E-state index < -0.39 is 0 Å². The smallest absolute Gasteiger partial charge is 0.213 e. The monoisotopic (exact) mass is 368 g/mol. The molecule has 26 heavy (non-hydrogen) atoms. The lowest BCUT2D eigenvalue weighted by Crippen LogP contribution is -2.21. The van der Waals surface area contributed by atoms with E-state index in [0.29, 0.717) is 25.6 Å². The van der Waals surface area contributed by atoms with Crippen molar-refractivity contribution in [3.05, 3.63) is 89.1 Å². The van der Waals surface area contributed by atoms with E-state index in [1.807, 2.05) is 60.7 Å². The number of para-hydroxylation sites is 1. The van der Waals surface area contributed by atoms with Crippen molar-refractivity contribution in [2.45, 2.75) is 13.2 Å². The van der Waals surface area contributed by atoms with Gasteiger partial charge in [-0.2, -0.15) is 0 Å². The van der Waals surface area contributed by atoms with Gasteiger partial charge in [-0.3, -0.25) is 0 Å². The van der Waals surface area contributed by atoms with E-state index in [9.17, 15) is 0 Å². The molecule has 3 rings (SSSR count). The molecule has 1 N–H and O–H groups in total. The Morgan fingerprint density at radius 3 is 2.50 bits per heavy atom. The van der Waals surface area contributed by atoms with Crippen LogP contribution in [0, 0.1) is 0 Å². The lowest BCUT2D eigenvalue weighted by molar-refractivity contribution is 0.295. The van der Waals surface area contributed by atoms with Gasteiger partial charge in [-0.1, -0.05) is 48.0 Å². The van der Waals surface area contributed by atoms with E-state index in [2.05, 4.69) is 16.4 Å². The third-order valence-electron chi connectivity index (χ3n) is 3.76. The highest BCUT2D eigenvalue weighted by molar-refractivity contribution is 6.30. The Balaban J connectivity index is 1.45. The summed E-state index contributed by atoms with van der Waals surface area (Å²) >= 11 is 5.91. The van der Waals surface area contributed by atoms with Gasteiger partial charge in [0.15, 0.2) is 0 Å². The number of halogens is 1. The Morgan fingerprint density at radius 1 is 0.885 bits per heavy atom. The molecule has 0 saturated carbocycles. The number of pyridine rings is 1. The van der Waals surface area contributed by atoms with E-state index in [0.717, 1.165) is 28.4 Å². The fraction of sp³-hybridized carbons (Fsp3) is 0.190. The van der Waals surface area contributed by atoms with E-state index in [1.54, 1.807) is 6.20 Å². The Labute approximate surface area is 158 Å². The van der Waals surface area contributed by atoms with E-state index in [1.165, 1.54) is 0 Å². The molecule has 1 heterocycles. The summed E-state index contributed by atoms with van der Waals surface area (Å²) < 4.78 is 11.5. The van der Waals surface area contributed by atoms with E-state index in [4.69, 9.17) is 21.1 Å². The molecule has 0 aliphatic heterocycles. The van der Waals surface area contributed by atoms with Crippen LogP contribution in [0.25, 0.3) is 0 Å². The van der Waals surface area contributed by atoms with Crippen molar-refractivity contribution in [3.8, 4) is 11.6 Å². The van der Waals surface area contributed by atoms with Crippen LogP contribution in [0.1, 0.15) is 11.1 Å². The zero-order valence-corrected chi connectivity index (χ0v) is 15.2. The van der Waals surface area contributed by atoms with Crippen molar-refractivity contribution in [3.63, 3.8) is 0 Å². The minimum Gasteiger partial charge on any atom is -0.489 e. The molecule has 1 aromatic heterocycles. The number of rotatable bonds is 9. The predicted molar refractivity (Wildman–Crippen MR) is 104 cm³/mol. The van der Waals surface area contributed by atoms with Crippen LogP contribution in [0.2, 0.25) is 5.02 Å². The van der Waals surface area contributed by atoms with Crippen LogP contribution in [0.15, 0.2) is 72.9 Å². The molecule has 0 atom stereocenters. The van der Waals surface area contributed by atoms with Gasteiger partial charge in [0.1, 0.15) is 19.0 Å². The molecule has 4 nitrogen and oxygen atoms in total. The van der Waals surface area contributed by atoms with Crippen LogP contribution in [-0.4, -0.2) is 18.1 Å². The summed E-state index contributed by atoms with van der Waals surface area (Å²) in [5.41, 5.74) is 2.19. The first-order chi connectivity index (χ1) is 12.8. The van der Waals surface area contributed by atoms with Crippen LogP contribution in [-0.2, 0) is 13.2 Å². The molecular weight excluding hydrogens is 348 g/mol. The second kappa shape index (κ2) is 9.80. The van der Waals surface area contributed by atoms with Gasteiger partial charge in [0.25, 0.3) is 0 Å². The van der Waals surface area contributed by atoms with Crippen LogP contribution >= 0.6 is 11.6 Å². The number of ether oxygens (including phenoxy) is 2. The summed E-state index contributed by atoms with van der Waals surface area (Å²) in [5.74, 6) is 1.52. The van der Waals surface area contributed by atoms with Gasteiger partial charge in [-0.05, 0) is 29.8 Å². The summed E-state index contributed by atoms with van der Waals surface area (Å²) in [4.78, 5) is 4.13. The number of nitrogens with zero attached hydrogens (tertiary/aromatic N) is 1. The van der Waals surface area contributed by atoms with Gasteiger partial charge in [-0.25, -0.2) is 4.98 Å². The van der Waals surface area contributed by atoms with Crippen molar-refractivity contribution in [2.24, 2.45) is 0 Å². The molecule has 0 spiro atoms. The molecule has 2 aromatic carbocycles. The van der Waals surface area contributed by atoms with Gasteiger partial charge in [0, 0.05) is 35.9 Å². The molecule has 0 saturated heterocycles. The lowest BCUT2D eigenvalue weighted by atomic mass is 10.2. The maximum Gasteiger partial charge on any atom is 0.213 e. The highest BCUT2D eigenvalue weighted by Crippen LogP contribution is 2.19. The second-order valence-corrected chi connectivity index (χ2v) is 6.15. The van der Waals surface area contributed by atoms with Gasteiger partial charge in [-0.15, -0.1) is 0 Å². The molecule has 0 radical (unpaired) electrons. The lowest BCUT2D eigenvalue weighted by Gasteiger charge is -2.12. The highest BCUT2D eigenvalue weighted by atomic mass is 35.5. The molecule has 134 valence electrons. The molecule has 0 bridgehead atoms. The first-order valence-electron chi connectivity index (χ1n) is 8.51. The van der Waals surface area contributed by atoms with Crippen LogP contribution in [0.4, 0.5) is 0 Å². The minimum absolute atomic E-state index is 0.511. The molecule has 0 aliphatic carbocycles. The quantitative estimate of drug-likeness (QED) is 0.565. The summed E-state index contributed by atoms with van der Waals surface area (Å²) in [7, 11) is 0. The molecule has 0 amide bonds. The van der Waals surface area contributed by atoms with Crippen LogP contribution in [0.3, 0.4) is 0 Å². The average molecular weight is 369 g/mol. The third kappa shape index (κ3) is 5.76. The Bertz CT molecular complexity index is 795. The number of aromatic nitrogens is 1. The van der Waals surface area contributed by atoms with Gasteiger partial charge < -0.3 is 14.8 Å². The maximum absolute atomic E-state index is 5.97. The first kappa shape index (κ1) is 18.2. The fourth-order valence-corrected chi connectivity index (χ4v) is 2.54. The highest BCUT2D eigenvalue weighted by Gasteiger charge is 2.03. The number of hydrogen-bond donors (Lipinski definition) is 1. The predicted octanol–water partition coefficient (Wildman–Crippen LogP) is 4.48. The zero-order chi connectivity index (χ0) is 18.0. The molecule has 3 aromatic rings. The SMILES string of the molecule is Clc1ccc(COc2ccccc2CNCCOc2ccccn2)cc1. The zero-order valence-electron chi connectivity index (χ0n) is 14.4. The van der Waals surface area contributed by atoms with Gasteiger partial charge in [0.2, 0.25) is 5.88 Å². The Morgan fingerprint density at radius 2 is 1.69 bits per heavy atom. The largest absolute Gasteiger partial charge is 0.489 e. The summed E-state index contributed by atoms with van der Waals surface area (Å²) in [5, 5.41) is 4.10. The van der Waals surface area contributed by atoms with Crippen LogP contribution in [0.5, 0.6) is 11.6 Å². The van der Waals surface area contributed by atoms with Crippen molar-refractivity contribution in [1.82, 2.24) is 10.3 Å². The average Bonchev–Trinajstić information content (AvgIpc) is 2.69. The summed E-state index contributed by atoms with van der Waals surface area (Å²) in [6.07, 6.45) is 1.72. The fourth-order valence-electron chi connectivity index (χ4n) is 2.42. The van der Waals surface area contributed by atoms with Crippen LogP contribution < -0.4 is 14.8 Å². The molecule has 0 aliphatic rings. The third-order valence-corrected chi connectivity index (χ3v) is 4.01. The number of hydrogen-bond acceptors (Lipinski definition) is 4. The Kier molecular flexibility index (Phi) is 6.88. The van der Waals surface area contributed by atoms with E-state index in [-0.39, 0.29) is 0 Å². The van der Waals surface area contributed by atoms with Gasteiger partial charge in [0.05, 0.1) is 0 Å². The molecule has 0 unspecified atom stereocenters. The molecule has 0 fully saturated rings. The Hall–Kier alpha value is -2.56. The number of nitrogens with one attached hydrogen (secondary N) is 1. The van der Waals surface area contributed by atoms with Crippen molar-refractivity contribution in [1.29, 1.82) is 0 Å². The molecular formula is C21H21ClN2O2. The van der Waals surface area contributed by atoms with Gasteiger partial charge >= 0.3 is 0 Å². The first-order valence-corrected chi connectivity index (χ1v) is 8.89. The maximum atomic E-state index is 5.97. The number of benzene rings is 2. The van der Waals surface area contributed by atoms with E-state index >= 15 is 0 Å². The standard InChI is InChI=1S/C21H21ClN2O2/c22-19-10-8-17(9-11-19)16-26-20-6-2-1-5-18(20)15-23-13-14-25-21-7-3-4-12-24-21/h1-12,23H,13-16H2. The van der Waals surface area contributed by atoms with Crippen molar-refractivity contribution in [2.75, 3.05) is 13.2 Å². The van der Waals surface area contributed by atoms with Crippen molar-refractivity contribution < 1.29 is 9.47 Å². The normalized spacial score (nSPS) is 10.5.